The maximum atomic E-state index is 11.5. The minimum atomic E-state index is -1.15. The number of esters is 3. The Morgan fingerprint density at radius 2 is 1.54 bits per heavy atom. The summed E-state index contributed by atoms with van der Waals surface area (Å²) in [6.07, 6.45) is -3.89. The van der Waals surface area contributed by atoms with Gasteiger partial charge in [-0.1, -0.05) is 30.3 Å². The van der Waals surface area contributed by atoms with Crippen LogP contribution in [0, 0.1) is 0 Å². The van der Waals surface area contributed by atoms with Gasteiger partial charge in [-0.05, 0) is 5.56 Å². The standard InChI is InChI=1S/C18H22O8/c1-11(19)24-15-10-23-18(26-13(3)21)17(25-12(2)20)16(15)22-9-14-7-5-4-6-8-14/h4-8,15-18H,9-10H2,1-3H3/t15-,16+,17-,18-/m1/s1. The van der Waals surface area contributed by atoms with Gasteiger partial charge in [0.25, 0.3) is 0 Å². The zero-order valence-corrected chi connectivity index (χ0v) is 14.9. The molecule has 2 rings (SSSR count). The molecule has 1 saturated heterocycles. The van der Waals surface area contributed by atoms with E-state index in [0.29, 0.717) is 0 Å². The van der Waals surface area contributed by atoms with Crippen LogP contribution >= 0.6 is 0 Å². The van der Waals surface area contributed by atoms with Gasteiger partial charge in [0.15, 0.2) is 12.2 Å². The van der Waals surface area contributed by atoms with Gasteiger partial charge in [0, 0.05) is 20.8 Å². The number of carbonyl (C=O) groups is 3. The van der Waals surface area contributed by atoms with Crippen LogP contribution in [-0.4, -0.2) is 49.1 Å². The van der Waals surface area contributed by atoms with Crippen molar-refractivity contribution in [2.24, 2.45) is 0 Å². The third-order valence-corrected chi connectivity index (χ3v) is 3.57. The molecule has 0 unspecified atom stereocenters. The van der Waals surface area contributed by atoms with Crippen LogP contribution in [0.25, 0.3) is 0 Å². The third-order valence-electron chi connectivity index (χ3n) is 3.57. The van der Waals surface area contributed by atoms with Crippen LogP contribution < -0.4 is 0 Å². The molecule has 0 bridgehead atoms. The van der Waals surface area contributed by atoms with E-state index in [-0.39, 0.29) is 13.2 Å². The highest BCUT2D eigenvalue weighted by Crippen LogP contribution is 2.26. The highest BCUT2D eigenvalue weighted by Gasteiger charge is 2.47. The van der Waals surface area contributed by atoms with E-state index in [2.05, 4.69) is 0 Å². The Morgan fingerprint density at radius 3 is 2.12 bits per heavy atom. The largest absolute Gasteiger partial charge is 0.457 e. The fourth-order valence-corrected chi connectivity index (χ4v) is 2.61. The number of hydrogen-bond acceptors (Lipinski definition) is 8. The van der Waals surface area contributed by atoms with Crippen LogP contribution in [0.5, 0.6) is 0 Å². The first kappa shape index (κ1) is 19.9. The second kappa shape index (κ2) is 9.30. The van der Waals surface area contributed by atoms with Gasteiger partial charge >= 0.3 is 17.9 Å². The highest BCUT2D eigenvalue weighted by molar-refractivity contribution is 5.67. The van der Waals surface area contributed by atoms with Crippen molar-refractivity contribution in [3.63, 3.8) is 0 Å². The van der Waals surface area contributed by atoms with Crippen LogP contribution in [0.2, 0.25) is 0 Å². The first-order valence-corrected chi connectivity index (χ1v) is 8.15. The van der Waals surface area contributed by atoms with Crippen LogP contribution in [0.4, 0.5) is 0 Å². The van der Waals surface area contributed by atoms with E-state index in [1.807, 2.05) is 30.3 Å². The maximum Gasteiger partial charge on any atom is 0.305 e. The maximum absolute atomic E-state index is 11.5. The smallest absolute Gasteiger partial charge is 0.305 e. The van der Waals surface area contributed by atoms with E-state index in [1.165, 1.54) is 20.8 Å². The van der Waals surface area contributed by atoms with E-state index in [9.17, 15) is 14.4 Å². The zero-order chi connectivity index (χ0) is 19.1. The average Bonchev–Trinajstić information content (AvgIpc) is 2.56. The Kier molecular flexibility index (Phi) is 7.11. The minimum absolute atomic E-state index is 0.0608. The van der Waals surface area contributed by atoms with Crippen LogP contribution in [-0.2, 0) is 44.7 Å². The molecule has 1 aromatic carbocycles. The molecule has 4 atom stereocenters. The Hall–Kier alpha value is -2.45. The Labute approximate surface area is 151 Å². The second-order valence-corrected chi connectivity index (χ2v) is 5.79. The molecule has 8 heteroatoms. The predicted octanol–water partition coefficient (Wildman–Crippen LogP) is 1.35. The van der Waals surface area contributed by atoms with E-state index < -0.39 is 42.5 Å². The molecule has 0 amide bonds. The molecule has 1 aliphatic rings. The number of ether oxygens (including phenoxy) is 5. The number of rotatable bonds is 6. The molecule has 8 nitrogen and oxygen atoms in total. The van der Waals surface area contributed by atoms with Crippen molar-refractivity contribution in [3.05, 3.63) is 35.9 Å². The molecular formula is C18H22O8. The summed E-state index contributed by atoms with van der Waals surface area (Å²) in [7, 11) is 0. The quantitative estimate of drug-likeness (QED) is 0.550. The van der Waals surface area contributed by atoms with E-state index in [1.54, 1.807) is 0 Å². The third kappa shape index (κ3) is 5.82. The molecule has 26 heavy (non-hydrogen) atoms. The monoisotopic (exact) mass is 366 g/mol. The van der Waals surface area contributed by atoms with Gasteiger partial charge in [-0.3, -0.25) is 14.4 Å². The van der Waals surface area contributed by atoms with E-state index >= 15 is 0 Å². The number of benzene rings is 1. The number of hydrogen-bond donors (Lipinski definition) is 0. The molecule has 0 aliphatic carbocycles. The highest BCUT2D eigenvalue weighted by atomic mass is 16.7. The molecular weight excluding hydrogens is 344 g/mol. The van der Waals surface area contributed by atoms with Gasteiger partial charge in [-0.2, -0.15) is 0 Å². The second-order valence-electron chi connectivity index (χ2n) is 5.79. The lowest BCUT2D eigenvalue weighted by atomic mass is 10.0. The van der Waals surface area contributed by atoms with E-state index in [0.717, 1.165) is 5.56 Å². The van der Waals surface area contributed by atoms with Gasteiger partial charge in [-0.25, -0.2) is 0 Å². The van der Waals surface area contributed by atoms with Crippen molar-refractivity contribution in [2.75, 3.05) is 6.61 Å². The summed E-state index contributed by atoms with van der Waals surface area (Å²) >= 11 is 0. The summed E-state index contributed by atoms with van der Waals surface area (Å²) in [5, 5.41) is 0. The molecule has 0 aromatic heterocycles. The van der Waals surface area contributed by atoms with Crippen molar-refractivity contribution in [1.29, 1.82) is 0 Å². The normalized spacial score (nSPS) is 25.2. The van der Waals surface area contributed by atoms with Gasteiger partial charge in [0.2, 0.25) is 6.29 Å². The van der Waals surface area contributed by atoms with Gasteiger partial charge in [-0.15, -0.1) is 0 Å². The average molecular weight is 366 g/mol. The molecule has 0 N–H and O–H groups in total. The van der Waals surface area contributed by atoms with Gasteiger partial charge in [0.1, 0.15) is 6.10 Å². The van der Waals surface area contributed by atoms with E-state index in [4.69, 9.17) is 23.7 Å². The van der Waals surface area contributed by atoms with Gasteiger partial charge < -0.3 is 23.7 Å². The van der Waals surface area contributed by atoms with Gasteiger partial charge in [0.05, 0.1) is 13.2 Å². The molecule has 1 aromatic rings. The topological polar surface area (TPSA) is 97.4 Å². The Morgan fingerprint density at radius 1 is 0.923 bits per heavy atom. The lowest BCUT2D eigenvalue weighted by Crippen LogP contribution is -2.57. The summed E-state index contributed by atoms with van der Waals surface area (Å²) < 4.78 is 26.9. The van der Waals surface area contributed by atoms with Crippen molar-refractivity contribution in [3.8, 4) is 0 Å². The molecule has 0 spiro atoms. The molecule has 0 radical (unpaired) electrons. The first-order valence-electron chi connectivity index (χ1n) is 8.15. The summed E-state index contributed by atoms with van der Waals surface area (Å²) in [6, 6.07) is 9.32. The molecule has 1 aliphatic heterocycles. The lowest BCUT2D eigenvalue weighted by molar-refractivity contribution is -0.279. The van der Waals surface area contributed by atoms with Crippen molar-refractivity contribution in [1.82, 2.24) is 0 Å². The SMILES string of the molecule is CC(=O)O[C@H]1OC[C@@H](OC(C)=O)[C@H](OCc2ccccc2)[C@H]1OC(C)=O. The van der Waals surface area contributed by atoms with Crippen molar-refractivity contribution in [2.45, 2.75) is 52.0 Å². The van der Waals surface area contributed by atoms with Crippen LogP contribution in [0.15, 0.2) is 30.3 Å². The van der Waals surface area contributed by atoms with Crippen LogP contribution in [0.3, 0.4) is 0 Å². The van der Waals surface area contributed by atoms with Crippen LogP contribution in [0.1, 0.15) is 26.3 Å². The molecule has 142 valence electrons. The first-order chi connectivity index (χ1) is 12.4. The van der Waals surface area contributed by atoms with Crippen molar-refractivity contribution < 1.29 is 38.1 Å². The zero-order valence-electron chi connectivity index (χ0n) is 14.9. The predicted molar refractivity (Wildman–Crippen MR) is 87.6 cm³/mol. The Balaban J connectivity index is 2.21. The molecule has 1 fully saturated rings. The summed E-state index contributed by atoms with van der Waals surface area (Å²) in [5.74, 6) is -1.73. The molecule has 0 saturated carbocycles. The lowest BCUT2D eigenvalue weighted by Gasteiger charge is -2.40. The summed E-state index contributed by atoms with van der Waals surface area (Å²) in [6.45, 7) is 3.82. The minimum Gasteiger partial charge on any atom is -0.457 e. The summed E-state index contributed by atoms with van der Waals surface area (Å²) in [4.78, 5) is 34.2. The molecule has 1 heterocycles. The van der Waals surface area contributed by atoms with Crippen molar-refractivity contribution >= 4 is 17.9 Å². The fourth-order valence-electron chi connectivity index (χ4n) is 2.61. The Bertz CT molecular complexity index is 629. The fraction of sp³-hybridized carbons (Fsp3) is 0.500. The summed E-state index contributed by atoms with van der Waals surface area (Å²) in [5.41, 5.74) is 0.881. The number of carbonyl (C=O) groups excluding carboxylic acids is 3.